The molecule has 2 aromatic rings. The summed E-state index contributed by atoms with van der Waals surface area (Å²) >= 11 is 0. The van der Waals surface area contributed by atoms with Crippen molar-refractivity contribution in [3.05, 3.63) is 60.2 Å². The maximum atomic E-state index is 13.3. The van der Waals surface area contributed by atoms with Crippen LogP contribution in [0.5, 0.6) is 5.75 Å². The summed E-state index contributed by atoms with van der Waals surface area (Å²) in [5.41, 5.74) is 0.625. The van der Waals surface area contributed by atoms with Gasteiger partial charge >= 0.3 is 0 Å². The number of nitrogens with zero attached hydrogens (tertiary/aromatic N) is 2. The molecule has 2 aliphatic rings. The van der Waals surface area contributed by atoms with Gasteiger partial charge in [0.05, 0.1) is 5.56 Å². The maximum Gasteiger partial charge on any atom is 0.255 e. The quantitative estimate of drug-likeness (QED) is 0.870. The minimum absolute atomic E-state index is 0.0296. The highest BCUT2D eigenvalue weighted by atomic mass is 19.1. The number of benzene rings is 1. The summed E-state index contributed by atoms with van der Waals surface area (Å²) < 4.78 is 19.3. The van der Waals surface area contributed by atoms with Gasteiger partial charge in [-0.1, -0.05) is 6.07 Å². The summed E-state index contributed by atoms with van der Waals surface area (Å²) in [6, 6.07) is 9.84. The molecular formula is C19H19FN2O2. The van der Waals surface area contributed by atoms with Crippen molar-refractivity contribution in [3.63, 3.8) is 0 Å². The van der Waals surface area contributed by atoms with E-state index in [1.807, 2.05) is 4.90 Å². The number of fused-ring (bicyclic) bond motifs is 1. The van der Waals surface area contributed by atoms with Gasteiger partial charge in [-0.2, -0.15) is 0 Å². The standard InChI is InChI=1S/C19H19FN2O2/c20-15-4-1-5-16(9-15)24-18-7-6-14-11-22(12-17(14)18)19(23)13-3-2-8-21-10-13/h1-5,8-10,14,17-18H,6-7,11-12H2/t14-,17+,18-/m0/s1. The van der Waals surface area contributed by atoms with Gasteiger partial charge in [-0.15, -0.1) is 0 Å². The fourth-order valence-corrected chi connectivity index (χ4v) is 3.91. The summed E-state index contributed by atoms with van der Waals surface area (Å²) in [4.78, 5) is 18.5. The van der Waals surface area contributed by atoms with E-state index in [9.17, 15) is 9.18 Å². The van der Waals surface area contributed by atoms with E-state index in [1.165, 1.54) is 12.1 Å². The van der Waals surface area contributed by atoms with Crippen LogP contribution in [0.15, 0.2) is 48.8 Å². The zero-order chi connectivity index (χ0) is 16.5. The van der Waals surface area contributed by atoms with Crippen LogP contribution in [0.3, 0.4) is 0 Å². The van der Waals surface area contributed by atoms with Crippen molar-refractivity contribution >= 4 is 5.91 Å². The molecule has 3 atom stereocenters. The Morgan fingerprint density at radius 2 is 2.12 bits per heavy atom. The van der Waals surface area contributed by atoms with Gasteiger partial charge in [0.25, 0.3) is 5.91 Å². The lowest BCUT2D eigenvalue weighted by molar-refractivity contribution is 0.0762. The van der Waals surface area contributed by atoms with Crippen molar-refractivity contribution in [2.45, 2.75) is 18.9 Å². The fraction of sp³-hybridized carbons (Fsp3) is 0.368. The number of aromatic nitrogens is 1. The molecule has 124 valence electrons. The van der Waals surface area contributed by atoms with Crippen molar-refractivity contribution in [2.24, 2.45) is 11.8 Å². The minimum atomic E-state index is -0.290. The van der Waals surface area contributed by atoms with E-state index < -0.39 is 0 Å². The zero-order valence-electron chi connectivity index (χ0n) is 13.3. The first kappa shape index (κ1) is 15.1. The lowest BCUT2D eigenvalue weighted by Gasteiger charge is -2.22. The molecule has 0 N–H and O–H groups in total. The molecule has 0 bridgehead atoms. The van der Waals surface area contributed by atoms with E-state index in [2.05, 4.69) is 4.98 Å². The summed E-state index contributed by atoms with van der Waals surface area (Å²) in [7, 11) is 0. The molecule has 1 saturated carbocycles. The monoisotopic (exact) mass is 326 g/mol. The number of likely N-dealkylation sites (tertiary alicyclic amines) is 1. The lowest BCUT2D eigenvalue weighted by Crippen LogP contribution is -2.32. The second-order valence-corrected chi connectivity index (χ2v) is 6.57. The van der Waals surface area contributed by atoms with Gasteiger partial charge in [0.1, 0.15) is 17.7 Å². The van der Waals surface area contributed by atoms with Crippen molar-refractivity contribution in [1.29, 1.82) is 0 Å². The van der Waals surface area contributed by atoms with E-state index in [0.717, 1.165) is 19.4 Å². The lowest BCUT2D eigenvalue weighted by atomic mass is 9.99. The average Bonchev–Trinajstić information content (AvgIpc) is 3.17. The van der Waals surface area contributed by atoms with E-state index in [1.54, 1.807) is 36.7 Å². The average molecular weight is 326 g/mol. The van der Waals surface area contributed by atoms with Crippen LogP contribution in [0.25, 0.3) is 0 Å². The largest absolute Gasteiger partial charge is 0.490 e. The number of hydrogen-bond donors (Lipinski definition) is 0. The predicted octanol–water partition coefficient (Wildman–Crippen LogP) is 3.15. The number of hydrogen-bond acceptors (Lipinski definition) is 3. The van der Waals surface area contributed by atoms with Gasteiger partial charge in [-0.25, -0.2) is 4.39 Å². The van der Waals surface area contributed by atoms with Crippen molar-refractivity contribution in [1.82, 2.24) is 9.88 Å². The minimum Gasteiger partial charge on any atom is -0.490 e. The number of halogens is 1. The SMILES string of the molecule is O=C(c1cccnc1)N1C[C@@H]2CC[C@H](Oc3cccc(F)c3)[C@@H]2C1. The maximum absolute atomic E-state index is 13.3. The number of amides is 1. The normalized spacial score (nSPS) is 25.5. The first-order valence-corrected chi connectivity index (χ1v) is 8.32. The second kappa shape index (κ2) is 6.23. The topological polar surface area (TPSA) is 42.4 Å². The highest BCUT2D eigenvalue weighted by Crippen LogP contribution is 2.40. The highest BCUT2D eigenvalue weighted by Gasteiger charge is 2.45. The number of rotatable bonds is 3. The first-order chi connectivity index (χ1) is 11.7. The molecule has 1 aromatic carbocycles. The molecule has 4 nitrogen and oxygen atoms in total. The molecule has 2 fully saturated rings. The Morgan fingerprint density at radius 3 is 2.92 bits per heavy atom. The Kier molecular flexibility index (Phi) is 3.92. The Balaban J connectivity index is 1.44. The predicted molar refractivity (Wildman–Crippen MR) is 87.2 cm³/mol. The van der Waals surface area contributed by atoms with E-state index in [4.69, 9.17) is 4.74 Å². The number of carbonyl (C=O) groups excluding carboxylic acids is 1. The van der Waals surface area contributed by atoms with E-state index >= 15 is 0 Å². The number of ether oxygens (including phenoxy) is 1. The van der Waals surface area contributed by atoms with Crippen LogP contribution in [0.2, 0.25) is 0 Å². The van der Waals surface area contributed by atoms with Crippen molar-refractivity contribution < 1.29 is 13.9 Å². The van der Waals surface area contributed by atoms with Gasteiger partial charge in [0.2, 0.25) is 0 Å². The molecule has 4 rings (SSSR count). The Morgan fingerprint density at radius 1 is 1.21 bits per heavy atom. The summed E-state index contributed by atoms with van der Waals surface area (Å²) in [5.74, 6) is 1.08. The fourth-order valence-electron chi connectivity index (χ4n) is 3.91. The summed E-state index contributed by atoms with van der Waals surface area (Å²) in [5, 5.41) is 0. The van der Waals surface area contributed by atoms with E-state index in [0.29, 0.717) is 29.7 Å². The van der Waals surface area contributed by atoms with Gasteiger partial charge in [0, 0.05) is 37.5 Å². The van der Waals surface area contributed by atoms with Gasteiger partial charge in [-0.05, 0) is 43.0 Å². The smallest absolute Gasteiger partial charge is 0.255 e. The summed E-state index contributed by atoms with van der Waals surface area (Å²) in [6.45, 7) is 1.46. The van der Waals surface area contributed by atoms with Crippen LogP contribution in [0.4, 0.5) is 4.39 Å². The highest BCUT2D eigenvalue weighted by molar-refractivity contribution is 5.94. The van der Waals surface area contributed by atoms with Crippen LogP contribution in [0, 0.1) is 17.7 Å². The Labute approximate surface area is 140 Å². The van der Waals surface area contributed by atoms with Crippen LogP contribution in [-0.2, 0) is 0 Å². The second-order valence-electron chi connectivity index (χ2n) is 6.57. The molecule has 24 heavy (non-hydrogen) atoms. The molecule has 5 heteroatoms. The molecule has 0 unspecified atom stereocenters. The van der Waals surface area contributed by atoms with Gasteiger partial charge < -0.3 is 9.64 Å². The van der Waals surface area contributed by atoms with Crippen molar-refractivity contribution in [2.75, 3.05) is 13.1 Å². The summed E-state index contributed by atoms with van der Waals surface area (Å²) in [6.07, 6.45) is 5.32. The molecule has 1 aliphatic carbocycles. The Bertz CT molecular complexity index is 737. The molecule has 1 saturated heterocycles. The molecule has 0 radical (unpaired) electrons. The third-order valence-corrected chi connectivity index (χ3v) is 5.07. The molecule has 1 aromatic heterocycles. The molecule has 1 aliphatic heterocycles. The third-order valence-electron chi connectivity index (χ3n) is 5.07. The van der Waals surface area contributed by atoms with Gasteiger partial charge in [-0.3, -0.25) is 9.78 Å². The Hall–Kier alpha value is -2.43. The molecule has 1 amide bonds. The third kappa shape index (κ3) is 2.86. The van der Waals surface area contributed by atoms with Crippen molar-refractivity contribution in [3.8, 4) is 5.75 Å². The zero-order valence-corrected chi connectivity index (χ0v) is 13.3. The first-order valence-electron chi connectivity index (χ1n) is 8.32. The molecule has 2 heterocycles. The van der Waals surface area contributed by atoms with Crippen LogP contribution in [0.1, 0.15) is 23.2 Å². The van der Waals surface area contributed by atoms with E-state index in [-0.39, 0.29) is 17.8 Å². The van der Waals surface area contributed by atoms with Crippen LogP contribution < -0.4 is 4.74 Å². The van der Waals surface area contributed by atoms with Crippen LogP contribution in [-0.4, -0.2) is 35.0 Å². The number of carbonyl (C=O) groups is 1. The number of pyridine rings is 1. The molecule has 0 spiro atoms. The van der Waals surface area contributed by atoms with Gasteiger partial charge in [0.15, 0.2) is 0 Å². The molecular weight excluding hydrogens is 307 g/mol. The van der Waals surface area contributed by atoms with Crippen LogP contribution >= 0.6 is 0 Å².